The molecule has 0 radical (unpaired) electrons. The second-order valence-electron chi connectivity index (χ2n) is 15.7. The highest BCUT2D eigenvalue weighted by Gasteiger charge is 2.56. The SMILES string of the molecule is [2H]C(OC[C@H]1OC(O[C@H]2[C@@H](OC(C)=O)[C@@H](COC(C)=O)O[C@@H](OCCOCCOCCCl)[C@@H]2OC(C)=O)[C@H](OC([2H])c2ccccc2)[C@@H](OC([2H])c2ccccc2)[C@H]1OC([2H])c1ccccc1)c1ccccc1. The van der Waals surface area contributed by atoms with E-state index >= 15 is 0 Å². The first kappa shape index (κ1) is 47.8. The minimum Gasteiger partial charge on any atom is -0.463 e. The van der Waals surface area contributed by atoms with Crippen LogP contribution in [0.15, 0.2) is 121 Å². The number of esters is 3. The van der Waals surface area contributed by atoms with Gasteiger partial charge in [0.25, 0.3) is 0 Å². The van der Waals surface area contributed by atoms with Gasteiger partial charge in [0.15, 0.2) is 24.8 Å². The molecule has 0 saturated carbocycles. The standard InChI is InChI=1S/C52H63ClO16/c1-36(54)61-35-44-46(65-37(2)55)48(50(66-38(3)56)51(67-44)60-29-28-58-27-26-57-25-24-53)69-52-49(64-33-42-22-14-7-15-23-42)47(63-32-41-20-12-6-13-21-41)45(62-31-40-18-10-5-11-19-40)43(68-52)34-59-30-39-16-8-4-9-17-39/h4-23,43-52H,24-35H2,1-3H3/t43-,44-,45+,46+,47+,48+,49-,50-,51-,52?/m1/s1/i30D,31D,32D,33D/t30?,31?,32?,33?,43-,44-,45+,46+,47+,48+,49-,50-,51-,52?. The van der Waals surface area contributed by atoms with E-state index in [2.05, 4.69) is 0 Å². The summed E-state index contributed by atoms with van der Waals surface area (Å²) in [5.41, 5.74) is 1.80. The summed E-state index contributed by atoms with van der Waals surface area (Å²) >= 11 is 5.70. The molecule has 69 heavy (non-hydrogen) atoms. The average Bonchev–Trinajstić information content (AvgIpc) is 3.39. The predicted octanol–water partition coefficient (Wildman–Crippen LogP) is 6.51. The van der Waals surface area contributed by atoms with Gasteiger partial charge in [0, 0.05) is 26.7 Å². The first-order chi connectivity index (χ1) is 35.3. The molecular formula is C52H63ClO16. The molecule has 4 aromatic carbocycles. The lowest BCUT2D eigenvalue weighted by atomic mass is 9.95. The molecule has 2 heterocycles. The van der Waals surface area contributed by atoms with Crippen molar-refractivity contribution in [3.63, 3.8) is 0 Å². The molecule has 0 spiro atoms. The molecule has 4 aromatic rings. The Morgan fingerprint density at radius 2 is 0.913 bits per heavy atom. The molecule has 6 rings (SSSR count). The fraction of sp³-hybridized carbons (Fsp3) is 0.481. The minimum absolute atomic E-state index is 0.0220. The van der Waals surface area contributed by atoms with Crippen LogP contribution in [0.5, 0.6) is 0 Å². The number of benzene rings is 4. The first-order valence-corrected chi connectivity index (χ1v) is 23.1. The van der Waals surface area contributed by atoms with Gasteiger partial charge in [-0.2, -0.15) is 0 Å². The first-order valence-electron chi connectivity index (χ1n) is 24.9. The van der Waals surface area contributed by atoms with E-state index in [-0.39, 0.29) is 26.4 Å². The van der Waals surface area contributed by atoms with E-state index in [4.69, 9.17) is 74.6 Å². The third kappa shape index (κ3) is 17.8. The number of hydrogen-bond acceptors (Lipinski definition) is 16. The Morgan fingerprint density at radius 3 is 1.43 bits per heavy atom. The summed E-state index contributed by atoms with van der Waals surface area (Å²) in [4.78, 5) is 38.4. The van der Waals surface area contributed by atoms with Crippen molar-refractivity contribution in [1.29, 1.82) is 0 Å². The Hall–Kier alpha value is -4.82. The molecule has 0 aliphatic carbocycles. The largest absolute Gasteiger partial charge is 0.463 e. The Balaban J connectivity index is 1.47. The van der Waals surface area contributed by atoms with Gasteiger partial charge < -0.3 is 61.6 Å². The predicted molar refractivity (Wildman–Crippen MR) is 249 cm³/mol. The molecule has 2 aliphatic heterocycles. The third-order valence-electron chi connectivity index (χ3n) is 10.4. The van der Waals surface area contributed by atoms with Crippen LogP contribution < -0.4 is 0 Å². The fourth-order valence-corrected chi connectivity index (χ4v) is 7.44. The van der Waals surface area contributed by atoms with Gasteiger partial charge in [-0.15, -0.1) is 11.6 Å². The smallest absolute Gasteiger partial charge is 0.303 e. The zero-order valence-electron chi connectivity index (χ0n) is 42.7. The zero-order valence-corrected chi connectivity index (χ0v) is 39.5. The molecule has 14 atom stereocenters. The van der Waals surface area contributed by atoms with Gasteiger partial charge in [-0.05, 0) is 22.3 Å². The molecule has 0 N–H and O–H groups in total. The Morgan fingerprint density at radius 1 is 0.464 bits per heavy atom. The van der Waals surface area contributed by atoms with Gasteiger partial charge in [0.1, 0.15) is 43.2 Å². The third-order valence-corrected chi connectivity index (χ3v) is 10.5. The van der Waals surface area contributed by atoms with Crippen molar-refractivity contribution in [3.8, 4) is 0 Å². The van der Waals surface area contributed by atoms with E-state index in [1.54, 1.807) is 121 Å². The van der Waals surface area contributed by atoms with Crippen LogP contribution in [0.25, 0.3) is 0 Å². The van der Waals surface area contributed by atoms with Crippen LogP contribution in [0.1, 0.15) is 48.5 Å². The summed E-state index contributed by atoms with van der Waals surface area (Å²) in [5.74, 6) is -2.02. The Kier molecular flexibility index (Phi) is 20.4. The Labute approximate surface area is 414 Å². The molecule has 17 heteroatoms. The van der Waals surface area contributed by atoms with Crippen molar-refractivity contribution in [2.24, 2.45) is 0 Å². The van der Waals surface area contributed by atoms with Crippen LogP contribution in [0, 0.1) is 0 Å². The van der Waals surface area contributed by atoms with Gasteiger partial charge in [-0.25, -0.2) is 0 Å². The molecule has 0 aromatic heterocycles. The highest BCUT2D eigenvalue weighted by atomic mass is 35.5. The lowest BCUT2D eigenvalue weighted by Crippen LogP contribution is -2.67. The van der Waals surface area contributed by atoms with Crippen LogP contribution in [0.4, 0.5) is 0 Å². The normalized spacial score (nSPS) is 27.2. The number of halogens is 1. The van der Waals surface area contributed by atoms with Crippen LogP contribution in [-0.4, -0.2) is 131 Å². The highest BCUT2D eigenvalue weighted by molar-refractivity contribution is 6.17. The summed E-state index contributed by atoms with van der Waals surface area (Å²) in [6, 6.07) is 34.7. The molecule has 2 aliphatic rings. The average molecular weight is 984 g/mol. The second kappa shape index (κ2) is 29.4. The van der Waals surface area contributed by atoms with Crippen LogP contribution >= 0.6 is 11.6 Å². The number of alkyl halides is 1. The maximum absolute atomic E-state index is 13.1. The minimum atomic E-state index is -1.73. The summed E-state index contributed by atoms with van der Waals surface area (Å²) in [6.07, 6.45) is -14.9. The van der Waals surface area contributed by atoms with Gasteiger partial charge >= 0.3 is 17.9 Å². The molecule has 16 nitrogen and oxygen atoms in total. The number of rotatable bonds is 28. The molecule has 5 unspecified atom stereocenters. The molecule has 2 fully saturated rings. The summed E-state index contributed by atoms with van der Waals surface area (Å²) in [7, 11) is 0. The number of ether oxygens (including phenoxy) is 13. The van der Waals surface area contributed by atoms with E-state index in [1.807, 2.05) is 0 Å². The van der Waals surface area contributed by atoms with E-state index in [1.165, 1.54) is 6.92 Å². The summed E-state index contributed by atoms with van der Waals surface area (Å²) in [6.45, 7) is -2.29. The van der Waals surface area contributed by atoms with Crippen molar-refractivity contribution < 1.29 is 81.4 Å². The highest BCUT2D eigenvalue weighted by Crippen LogP contribution is 2.36. The van der Waals surface area contributed by atoms with Crippen LogP contribution in [-0.2, 0) is 102 Å². The monoisotopic (exact) mass is 982 g/mol. The fourth-order valence-electron chi connectivity index (χ4n) is 7.33. The molecule has 0 bridgehead atoms. The number of carbonyl (C=O) groups is 3. The Bertz CT molecular complexity index is 2230. The van der Waals surface area contributed by atoms with Crippen molar-refractivity contribution in [3.05, 3.63) is 144 Å². The molecule has 374 valence electrons. The molecule has 0 amide bonds. The lowest BCUT2D eigenvalue weighted by Gasteiger charge is -2.49. The zero-order chi connectivity index (χ0) is 52.1. The quantitative estimate of drug-likeness (QED) is 0.0261. The van der Waals surface area contributed by atoms with E-state index in [9.17, 15) is 18.5 Å². The summed E-state index contributed by atoms with van der Waals surface area (Å²) in [5, 5.41) is 0. The van der Waals surface area contributed by atoms with Crippen LogP contribution in [0.2, 0.25) is 0 Å². The van der Waals surface area contributed by atoms with Gasteiger partial charge in [-0.1, -0.05) is 121 Å². The molecule has 2 saturated heterocycles. The van der Waals surface area contributed by atoms with Crippen LogP contribution in [0.3, 0.4) is 0 Å². The van der Waals surface area contributed by atoms with Gasteiger partial charge in [0.05, 0.1) is 71.5 Å². The maximum atomic E-state index is 13.1. The van der Waals surface area contributed by atoms with Crippen molar-refractivity contribution in [1.82, 2.24) is 0 Å². The lowest BCUT2D eigenvalue weighted by molar-refractivity contribution is -0.372. The van der Waals surface area contributed by atoms with E-state index in [0.29, 0.717) is 34.7 Å². The second-order valence-corrected chi connectivity index (χ2v) is 16.0. The van der Waals surface area contributed by atoms with Gasteiger partial charge in [-0.3, -0.25) is 14.4 Å². The summed E-state index contributed by atoms with van der Waals surface area (Å²) < 4.78 is 118. The van der Waals surface area contributed by atoms with Crippen molar-refractivity contribution in [2.75, 3.05) is 52.1 Å². The van der Waals surface area contributed by atoms with Crippen molar-refractivity contribution >= 4 is 29.5 Å². The molecular weight excluding hydrogens is 916 g/mol. The van der Waals surface area contributed by atoms with E-state index in [0.717, 1.165) is 13.8 Å². The van der Waals surface area contributed by atoms with Crippen molar-refractivity contribution in [2.45, 2.75) is 109 Å². The van der Waals surface area contributed by atoms with E-state index < -0.39 is 119 Å². The topological polar surface area (TPSA) is 171 Å². The van der Waals surface area contributed by atoms with Gasteiger partial charge in [0.2, 0.25) is 0 Å². The maximum Gasteiger partial charge on any atom is 0.303 e. The number of hydrogen-bond donors (Lipinski definition) is 0. The number of carbonyl (C=O) groups excluding carboxylic acids is 3.